The third kappa shape index (κ3) is 7.06. The second kappa shape index (κ2) is 11.6. The van der Waals surface area contributed by atoms with E-state index in [1.165, 1.54) is 16.2 Å². The van der Waals surface area contributed by atoms with Crippen LogP contribution in [0.25, 0.3) is 0 Å². The molecule has 2 aliphatic rings. The Morgan fingerprint density at radius 2 is 2.00 bits per heavy atom. The number of amides is 2. The van der Waals surface area contributed by atoms with Crippen LogP contribution in [-0.2, 0) is 38.8 Å². The summed E-state index contributed by atoms with van der Waals surface area (Å²) in [5.74, 6) is -0.848. The second-order valence-corrected chi connectivity index (χ2v) is 11.2. The molecule has 0 radical (unpaired) electrons. The van der Waals surface area contributed by atoms with Gasteiger partial charge in [0.05, 0.1) is 18.8 Å². The van der Waals surface area contributed by atoms with Crippen molar-refractivity contribution in [3.63, 3.8) is 0 Å². The molecule has 11 heteroatoms. The molecule has 37 heavy (non-hydrogen) atoms. The van der Waals surface area contributed by atoms with Gasteiger partial charge < -0.3 is 24.8 Å². The summed E-state index contributed by atoms with van der Waals surface area (Å²) in [5, 5.41) is 1.78. The van der Waals surface area contributed by atoms with Gasteiger partial charge in [0.1, 0.15) is 18.2 Å². The molecular weight excluding hydrogens is 496 g/mol. The minimum Gasteiger partial charge on any atom is -0.472 e. The first-order chi connectivity index (χ1) is 17.6. The molecule has 1 atom stereocenters. The Kier molecular flexibility index (Phi) is 8.46. The molecule has 1 saturated heterocycles. The maximum atomic E-state index is 13.0. The summed E-state index contributed by atoms with van der Waals surface area (Å²) in [6, 6.07) is 2.96. The summed E-state index contributed by atoms with van der Waals surface area (Å²) < 4.78 is 16.6. The number of rotatable bonds is 10. The number of hydrogen-bond acceptors (Lipinski definition) is 9. The number of esters is 1. The van der Waals surface area contributed by atoms with Gasteiger partial charge >= 0.3 is 5.97 Å². The van der Waals surface area contributed by atoms with Crippen molar-refractivity contribution in [1.29, 1.82) is 0 Å². The Hall–Kier alpha value is -3.02. The summed E-state index contributed by atoms with van der Waals surface area (Å²) >= 11 is 1.44. The van der Waals surface area contributed by atoms with Gasteiger partial charge in [0.25, 0.3) is 5.91 Å². The van der Waals surface area contributed by atoms with Gasteiger partial charge in [-0.1, -0.05) is 6.07 Å². The van der Waals surface area contributed by atoms with Crippen LogP contribution in [0.3, 0.4) is 0 Å². The van der Waals surface area contributed by atoms with Crippen LogP contribution in [0.2, 0.25) is 0 Å². The fourth-order valence-corrected chi connectivity index (χ4v) is 5.34. The Bertz CT molecular complexity index is 1120. The van der Waals surface area contributed by atoms with Gasteiger partial charge in [-0.05, 0) is 32.8 Å². The number of hydrogen-bond donors (Lipinski definition) is 1. The van der Waals surface area contributed by atoms with Crippen molar-refractivity contribution in [3.8, 4) is 5.88 Å². The monoisotopic (exact) mass is 530 g/mol. The van der Waals surface area contributed by atoms with Crippen molar-refractivity contribution >= 4 is 29.1 Å². The highest BCUT2D eigenvalue weighted by molar-refractivity contribution is 7.10. The van der Waals surface area contributed by atoms with Gasteiger partial charge in [0.2, 0.25) is 11.8 Å². The van der Waals surface area contributed by atoms with Crippen LogP contribution in [0.1, 0.15) is 60.0 Å². The Morgan fingerprint density at radius 1 is 1.24 bits per heavy atom. The molecule has 0 saturated carbocycles. The fourth-order valence-electron chi connectivity index (χ4n) is 4.39. The average Bonchev–Trinajstić information content (AvgIpc) is 3.38. The van der Waals surface area contributed by atoms with Gasteiger partial charge in [-0.3, -0.25) is 19.3 Å². The molecule has 0 aromatic carbocycles. The number of nitrogens with two attached hydrogens (primary N) is 1. The van der Waals surface area contributed by atoms with Crippen LogP contribution in [0, 0.1) is 0 Å². The molecule has 0 bridgehead atoms. The van der Waals surface area contributed by atoms with Crippen molar-refractivity contribution in [2.24, 2.45) is 5.73 Å². The van der Waals surface area contributed by atoms with E-state index < -0.39 is 23.5 Å². The first kappa shape index (κ1) is 27.0. The third-order valence-electron chi connectivity index (χ3n) is 6.21. The van der Waals surface area contributed by atoms with Gasteiger partial charge in [0.15, 0.2) is 0 Å². The lowest BCUT2D eigenvalue weighted by Crippen LogP contribution is -2.45. The van der Waals surface area contributed by atoms with Crippen LogP contribution in [0.15, 0.2) is 23.7 Å². The summed E-state index contributed by atoms with van der Waals surface area (Å²) in [4.78, 5) is 46.5. The number of primary amides is 1. The number of thiophene rings is 1. The Labute approximate surface area is 220 Å². The average molecular weight is 531 g/mol. The molecule has 4 rings (SSSR count). The van der Waals surface area contributed by atoms with E-state index >= 15 is 0 Å². The lowest BCUT2D eigenvalue weighted by Gasteiger charge is -2.26. The summed E-state index contributed by atoms with van der Waals surface area (Å²) in [5.41, 5.74) is 7.46. The predicted octanol–water partition coefficient (Wildman–Crippen LogP) is 2.49. The van der Waals surface area contributed by atoms with Crippen LogP contribution in [0.4, 0.5) is 0 Å². The third-order valence-corrected chi connectivity index (χ3v) is 7.21. The number of aromatic nitrogens is 1. The van der Waals surface area contributed by atoms with Gasteiger partial charge in [0, 0.05) is 60.7 Å². The van der Waals surface area contributed by atoms with E-state index in [1.54, 1.807) is 26.2 Å². The summed E-state index contributed by atoms with van der Waals surface area (Å²) in [6.07, 6.45) is 1.91. The number of carbonyl (C=O) groups is 3. The van der Waals surface area contributed by atoms with Crippen molar-refractivity contribution in [2.45, 2.75) is 65.0 Å². The molecule has 0 aliphatic carbocycles. The minimum absolute atomic E-state index is 0.00925. The lowest BCUT2D eigenvalue weighted by atomic mass is 10.1. The van der Waals surface area contributed by atoms with E-state index in [0.717, 1.165) is 48.9 Å². The van der Waals surface area contributed by atoms with Crippen LogP contribution >= 0.6 is 11.3 Å². The molecule has 2 aromatic rings. The Morgan fingerprint density at radius 3 is 2.65 bits per heavy atom. The van der Waals surface area contributed by atoms with Crippen molar-refractivity contribution in [3.05, 3.63) is 45.3 Å². The first-order valence-electron chi connectivity index (χ1n) is 12.4. The minimum atomic E-state index is -0.896. The number of fused-ring (bicyclic) bond motifs is 1. The molecule has 0 spiro atoms. The van der Waals surface area contributed by atoms with E-state index in [2.05, 4.69) is 9.88 Å². The number of nitrogens with zero attached hydrogens (tertiary/aromatic N) is 3. The van der Waals surface area contributed by atoms with E-state index in [9.17, 15) is 14.4 Å². The number of ether oxygens (including phenoxy) is 3. The molecular formula is C26H34N4O6S. The highest BCUT2D eigenvalue weighted by Gasteiger charge is 2.38. The normalized spacial score (nSPS) is 16.9. The molecule has 1 unspecified atom stereocenters. The molecule has 10 nitrogen and oxygen atoms in total. The summed E-state index contributed by atoms with van der Waals surface area (Å²) in [7, 11) is 0. The highest BCUT2D eigenvalue weighted by atomic mass is 32.1. The van der Waals surface area contributed by atoms with Crippen molar-refractivity contribution in [2.75, 3.05) is 26.3 Å². The van der Waals surface area contributed by atoms with E-state index in [1.807, 2.05) is 18.3 Å². The van der Waals surface area contributed by atoms with E-state index in [0.29, 0.717) is 11.4 Å². The molecule has 1 fully saturated rings. The zero-order valence-corrected chi connectivity index (χ0v) is 22.3. The van der Waals surface area contributed by atoms with Crippen LogP contribution in [0.5, 0.6) is 5.88 Å². The summed E-state index contributed by atoms with van der Waals surface area (Å²) in [6.45, 7) is 9.98. The zero-order valence-electron chi connectivity index (χ0n) is 21.5. The number of carbonyl (C=O) groups excluding carboxylic acids is 3. The highest BCUT2D eigenvalue weighted by Crippen LogP contribution is 2.34. The number of morpholine rings is 1. The second-order valence-electron chi connectivity index (χ2n) is 10.2. The fraction of sp³-hybridized carbons (Fsp3) is 0.538. The van der Waals surface area contributed by atoms with Crippen LogP contribution in [-0.4, -0.2) is 70.5 Å². The maximum absolute atomic E-state index is 13.0. The quantitative estimate of drug-likeness (QED) is 0.465. The topological polar surface area (TPSA) is 124 Å². The van der Waals surface area contributed by atoms with Crippen molar-refractivity contribution in [1.82, 2.24) is 14.8 Å². The Balaban J connectivity index is 1.34. The van der Waals surface area contributed by atoms with E-state index in [-0.39, 0.29) is 31.9 Å². The van der Waals surface area contributed by atoms with E-state index in [4.69, 9.17) is 19.9 Å². The predicted molar refractivity (Wildman–Crippen MR) is 137 cm³/mol. The maximum Gasteiger partial charge on any atom is 0.306 e. The van der Waals surface area contributed by atoms with Gasteiger partial charge in [-0.25, -0.2) is 4.98 Å². The molecule has 2 amide bonds. The largest absolute Gasteiger partial charge is 0.472 e. The van der Waals surface area contributed by atoms with Crippen LogP contribution < -0.4 is 10.5 Å². The molecule has 4 heterocycles. The van der Waals surface area contributed by atoms with Gasteiger partial charge in [-0.15, -0.1) is 11.3 Å². The zero-order chi connectivity index (χ0) is 26.6. The standard InChI is InChI=1S/C26H34N4O6S/c1-26(2,3)36-23(31)7-5-20(24(27)32)30-14-18-19(25(30)33)16-37-21(18)15-35-22-6-4-17(12-28-22)13-29-8-10-34-11-9-29/h4,6,12,16,20H,5,7-11,13-15H2,1-3H3,(H2,27,32). The SMILES string of the molecule is CC(C)(C)OC(=O)CCC(C(N)=O)N1Cc2c(csc2COc2ccc(CN3CCOCC3)cn2)C1=O. The molecule has 2 N–H and O–H groups in total. The smallest absolute Gasteiger partial charge is 0.306 e. The molecule has 2 aromatic heterocycles. The lowest BCUT2D eigenvalue weighted by molar-refractivity contribution is -0.155. The van der Waals surface area contributed by atoms with Crippen molar-refractivity contribution < 1.29 is 28.6 Å². The molecule has 2 aliphatic heterocycles. The van der Waals surface area contributed by atoms with Gasteiger partial charge in [-0.2, -0.15) is 0 Å². The molecule has 200 valence electrons. The number of pyridine rings is 1. The first-order valence-corrected chi connectivity index (χ1v) is 13.3.